The number of aromatic nitrogens is 2. The van der Waals surface area contributed by atoms with Gasteiger partial charge in [-0.3, -0.25) is 0 Å². The van der Waals surface area contributed by atoms with Gasteiger partial charge in [0.15, 0.2) is 11.6 Å². The molecule has 0 aliphatic heterocycles. The second kappa shape index (κ2) is 5.38. The van der Waals surface area contributed by atoms with Gasteiger partial charge in [0.25, 0.3) is 0 Å². The van der Waals surface area contributed by atoms with Crippen molar-refractivity contribution in [3.05, 3.63) is 6.33 Å². The fourth-order valence-electron chi connectivity index (χ4n) is 1.44. The molecule has 0 aliphatic rings. The summed E-state index contributed by atoms with van der Waals surface area (Å²) in [5.74, 6) is 2.22. The Hall–Kier alpha value is -1.52. The highest BCUT2D eigenvalue weighted by Crippen LogP contribution is 2.30. The van der Waals surface area contributed by atoms with Gasteiger partial charge in [0, 0.05) is 20.6 Å². The van der Waals surface area contributed by atoms with Crippen molar-refractivity contribution in [3.8, 4) is 5.75 Å². The van der Waals surface area contributed by atoms with E-state index >= 15 is 0 Å². The minimum atomic E-state index is 0.691. The van der Waals surface area contributed by atoms with Crippen LogP contribution in [0.5, 0.6) is 5.75 Å². The van der Waals surface area contributed by atoms with Gasteiger partial charge in [-0.1, -0.05) is 6.92 Å². The topological polar surface area (TPSA) is 50.3 Å². The standard InChI is InChI=1S/C10H18N4O/c1-5-6-14(3)10-8(15-4)9(11-2)12-7-13-10/h7H,5-6H2,1-4H3,(H,11,12,13). The predicted molar refractivity (Wildman–Crippen MR) is 61.7 cm³/mol. The molecule has 5 heteroatoms. The fourth-order valence-corrected chi connectivity index (χ4v) is 1.44. The first kappa shape index (κ1) is 11.6. The average Bonchev–Trinajstić information content (AvgIpc) is 2.28. The van der Waals surface area contributed by atoms with Gasteiger partial charge in [-0.2, -0.15) is 0 Å². The lowest BCUT2D eigenvalue weighted by Gasteiger charge is -2.20. The van der Waals surface area contributed by atoms with Gasteiger partial charge in [-0.05, 0) is 6.42 Å². The van der Waals surface area contributed by atoms with Crippen LogP contribution in [-0.4, -0.2) is 37.7 Å². The van der Waals surface area contributed by atoms with Crippen molar-refractivity contribution in [1.29, 1.82) is 0 Å². The summed E-state index contributed by atoms with van der Waals surface area (Å²) in [4.78, 5) is 10.4. The van der Waals surface area contributed by atoms with Gasteiger partial charge in [-0.25, -0.2) is 9.97 Å². The Balaban J connectivity index is 3.05. The molecule has 15 heavy (non-hydrogen) atoms. The third-order valence-corrected chi connectivity index (χ3v) is 2.15. The largest absolute Gasteiger partial charge is 0.490 e. The van der Waals surface area contributed by atoms with Crippen molar-refractivity contribution in [3.63, 3.8) is 0 Å². The number of methoxy groups -OCH3 is 1. The summed E-state index contributed by atoms with van der Waals surface area (Å²) in [6.45, 7) is 3.07. The molecule has 0 fully saturated rings. The highest BCUT2D eigenvalue weighted by atomic mass is 16.5. The number of hydrogen-bond acceptors (Lipinski definition) is 5. The van der Waals surface area contributed by atoms with E-state index in [1.54, 1.807) is 7.11 Å². The van der Waals surface area contributed by atoms with E-state index < -0.39 is 0 Å². The Morgan fingerprint density at radius 3 is 2.73 bits per heavy atom. The average molecular weight is 210 g/mol. The van der Waals surface area contributed by atoms with Crippen LogP contribution in [0.3, 0.4) is 0 Å². The molecule has 0 atom stereocenters. The van der Waals surface area contributed by atoms with E-state index in [1.165, 1.54) is 6.33 Å². The number of rotatable bonds is 5. The molecule has 0 saturated carbocycles. The van der Waals surface area contributed by atoms with Gasteiger partial charge in [0.2, 0.25) is 5.75 Å². The normalized spacial score (nSPS) is 9.87. The van der Waals surface area contributed by atoms with E-state index in [2.05, 4.69) is 27.1 Å². The van der Waals surface area contributed by atoms with Crippen molar-refractivity contribution in [1.82, 2.24) is 9.97 Å². The van der Waals surface area contributed by atoms with Gasteiger partial charge in [0.1, 0.15) is 6.33 Å². The van der Waals surface area contributed by atoms with Gasteiger partial charge < -0.3 is 15.0 Å². The Labute approximate surface area is 90.5 Å². The summed E-state index contributed by atoms with van der Waals surface area (Å²) in [6.07, 6.45) is 2.61. The second-order valence-corrected chi connectivity index (χ2v) is 3.25. The number of nitrogens with zero attached hydrogens (tertiary/aromatic N) is 3. The molecule has 0 bridgehead atoms. The number of ether oxygens (including phenoxy) is 1. The van der Waals surface area contributed by atoms with Gasteiger partial charge >= 0.3 is 0 Å². The van der Waals surface area contributed by atoms with Crippen LogP contribution < -0.4 is 15.0 Å². The smallest absolute Gasteiger partial charge is 0.204 e. The van der Waals surface area contributed by atoms with Crippen molar-refractivity contribution in [2.24, 2.45) is 0 Å². The third kappa shape index (κ3) is 2.49. The third-order valence-electron chi connectivity index (χ3n) is 2.15. The summed E-state index contributed by atoms with van der Waals surface area (Å²) in [5.41, 5.74) is 0. The van der Waals surface area contributed by atoms with E-state index in [-0.39, 0.29) is 0 Å². The molecule has 1 rings (SSSR count). The minimum absolute atomic E-state index is 0.691. The second-order valence-electron chi connectivity index (χ2n) is 3.25. The first-order valence-corrected chi connectivity index (χ1v) is 5.02. The maximum Gasteiger partial charge on any atom is 0.204 e. The molecule has 1 aromatic rings. The SMILES string of the molecule is CCCN(C)c1ncnc(NC)c1OC. The lowest BCUT2D eigenvalue weighted by molar-refractivity contribution is 0.413. The van der Waals surface area contributed by atoms with Crippen LogP contribution in [0.1, 0.15) is 13.3 Å². The molecule has 0 saturated heterocycles. The first-order chi connectivity index (χ1) is 7.24. The summed E-state index contributed by atoms with van der Waals surface area (Å²) in [7, 11) is 5.44. The molecule has 84 valence electrons. The zero-order chi connectivity index (χ0) is 11.3. The van der Waals surface area contributed by atoms with Gasteiger partial charge in [-0.15, -0.1) is 0 Å². The maximum absolute atomic E-state index is 5.31. The molecule has 1 aromatic heterocycles. The molecule has 0 spiro atoms. The summed E-state index contributed by atoms with van der Waals surface area (Å²) < 4.78 is 5.31. The molecular formula is C10H18N4O. The zero-order valence-electron chi connectivity index (χ0n) is 9.74. The van der Waals surface area contributed by atoms with Crippen LogP contribution in [-0.2, 0) is 0 Å². The quantitative estimate of drug-likeness (QED) is 0.795. The summed E-state index contributed by atoms with van der Waals surface area (Å²) in [6, 6.07) is 0. The van der Waals surface area contributed by atoms with Crippen molar-refractivity contribution in [2.75, 3.05) is 38.0 Å². The molecule has 0 unspecified atom stereocenters. The van der Waals surface area contributed by atoms with E-state index in [0.717, 1.165) is 18.8 Å². The lowest BCUT2D eigenvalue weighted by Crippen LogP contribution is -2.20. The Kier molecular flexibility index (Phi) is 4.15. The summed E-state index contributed by atoms with van der Waals surface area (Å²) in [5, 5.41) is 2.98. The van der Waals surface area contributed by atoms with Crippen molar-refractivity contribution in [2.45, 2.75) is 13.3 Å². The molecule has 0 aromatic carbocycles. The Morgan fingerprint density at radius 1 is 1.47 bits per heavy atom. The summed E-state index contributed by atoms with van der Waals surface area (Å²) >= 11 is 0. The van der Waals surface area contributed by atoms with E-state index in [0.29, 0.717) is 11.6 Å². The Morgan fingerprint density at radius 2 is 2.20 bits per heavy atom. The molecule has 1 N–H and O–H groups in total. The van der Waals surface area contributed by atoms with Crippen molar-refractivity contribution < 1.29 is 4.74 Å². The monoisotopic (exact) mass is 210 g/mol. The Bertz CT molecular complexity index is 316. The minimum Gasteiger partial charge on any atom is -0.490 e. The van der Waals surface area contributed by atoms with Crippen molar-refractivity contribution >= 4 is 11.6 Å². The van der Waals surface area contributed by atoms with Crippen LogP contribution in [0.15, 0.2) is 6.33 Å². The molecule has 0 amide bonds. The highest BCUT2D eigenvalue weighted by Gasteiger charge is 2.13. The fraction of sp³-hybridized carbons (Fsp3) is 0.600. The molecule has 0 aliphatic carbocycles. The molecule has 5 nitrogen and oxygen atoms in total. The van der Waals surface area contributed by atoms with E-state index in [1.807, 2.05) is 14.1 Å². The number of anilines is 2. The van der Waals surface area contributed by atoms with Crippen LogP contribution >= 0.6 is 0 Å². The first-order valence-electron chi connectivity index (χ1n) is 5.02. The lowest BCUT2D eigenvalue weighted by atomic mass is 10.4. The van der Waals surface area contributed by atoms with Crippen LogP contribution in [0.2, 0.25) is 0 Å². The number of hydrogen-bond donors (Lipinski definition) is 1. The van der Waals surface area contributed by atoms with Gasteiger partial charge in [0.05, 0.1) is 7.11 Å². The van der Waals surface area contributed by atoms with E-state index in [4.69, 9.17) is 4.74 Å². The highest BCUT2D eigenvalue weighted by molar-refractivity contribution is 5.64. The molecule has 0 radical (unpaired) electrons. The molecular weight excluding hydrogens is 192 g/mol. The van der Waals surface area contributed by atoms with Crippen LogP contribution in [0.25, 0.3) is 0 Å². The molecule has 1 heterocycles. The van der Waals surface area contributed by atoms with E-state index in [9.17, 15) is 0 Å². The van der Waals surface area contributed by atoms with Crippen LogP contribution in [0, 0.1) is 0 Å². The zero-order valence-corrected chi connectivity index (χ0v) is 9.74. The van der Waals surface area contributed by atoms with Crippen LogP contribution in [0.4, 0.5) is 11.6 Å². The predicted octanol–water partition coefficient (Wildman–Crippen LogP) is 1.37. The maximum atomic E-state index is 5.31. The number of nitrogens with one attached hydrogen (secondary N) is 1.